The quantitative estimate of drug-likeness (QED) is 0.498. The number of benzene rings is 2. The van der Waals surface area contributed by atoms with Crippen LogP contribution in [0.3, 0.4) is 0 Å². The Hall–Kier alpha value is -3.41. The number of furan rings is 1. The maximum absolute atomic E-state index is 12.3. The molecule has 0 aliphatic carbocycles. The fourth-order valence-electron chi connectivity index (χ4n) is 2.58. The number of phenolic OH excluding ortho intramolecular Hbond substituents is 2. The van der Waals surface area contributed by atoms with Gasteiger partial charge in [-0.25, -0.2) is 0 Å². The molecule has 0 aliphatic rings. The molecule has 23 heavy (non-hydrogen) atoms. The van der Waals surface area contributed by atoms with Crippen molar-refractivity contribution < 1.29 is 24.2 Å². The molecule has 114 valence electrons. The van der Waals surface area contributed by atoms with E-state index in [1.54, 1.807) is 24.3 Å². The van der Waals surface area contributed by atoms with Gasteiger partial charge in [-0.2, -0.15) is 0 Å². The van der Waals surface area contributed by atoms with Crippen molar-refractivity contribution in [3.8, 4) is 28.6 Å². The summed E-state index contributed by atoms with van der Waals surface area (Å²) in [4.78, 5) is 12.3. The van der Waals surface area contributed by atoms with Crippen LogP contribution in [-0.4, -0.2) is 15.3 Å². The van der Waals surface area contributed by atoms with Crippen molar-refractivity contribution in [2.45, 2.75) is 0 Å². The molecule has 2 aromatic heterocycles. The van der Waals surface area contributed by atoms with Gasteiger partial charge in [0.05, 0.1) is 6.26 Å². The average molecular weight is 310 g/mol. The van der Waals surface area contributed by atoms with Crippen molar-refractivity contribution in [3.05, 3.63) is 52.9 Å². The van der Waals surface area contributed by atoms with E-state index in [0.29, 0.717) is 11.1 Å². The lowest BCUT2D eigenvalue weighted by Crippen LogP contribution is -2.02. The summed E-state index contributed by atoms with van der Waals surface area (Å²) >= 11 is 0. The van der Waals surface area contributed by atoms with E-state index in [1.807, 2.05) is 0 Å². The van der Waals surface area contributed by atoms with Gasteiger partial charge in [-0.15, -0.1) is 0 Å². The average Bonchev–Trinajstić information content (AvgIpc) is 2.97. The third kappa shape index (κ3) is 1.92. The number of hydrogen-bond acceptors (Lipinski definition) is 6. The van der Waals surface area contributed by atoms with E-state index in [2.05, 4.69) is 0 Å². The molecule has 2 aromatic carbocycles. The van der Waals surface area contributed by atoms with Gasteiger partial charge in [0, 0.05) is 23.1 Å². The highest BCUT2D eigenvalue weighted by Gasteiger charge is 2.19. The van der Waals surface area contributed by atoms with Crippen molar-refractivity contribution >= 4 is 21.9 Å². The minimum atomic E-state index is -0.772. The highest BCUT2D eigenvalue weighted by atomic mass is 16.4. The molecule has 6 nitrogen and oxygen atoms in total. The largest absolute Gasteiger partial charge is 0.508 e. The summed E-state index contributed by atoms with van der Waals surface area (Å²) < 4.78 is 10.8. The van der Waals surface area contributed by atoms with Crippen LogP contribution >= 0.6 is 0 Å². The summed E-state index contributed by atoms with van der Waals surface area (Å²) in [5, 5.41) is 30.1. The number of aromatic hydroxyl groups is 3. The molecule has 0 aliphatic heterocycles. The molecule has 0 unspecified atom stereocenters. The molecule has 4 aromatic rings. The molecule has 4 rings (SSSR count). The second-order valence-corrected chi connectivity index (χ2v) is 5.12. The van der Waals surface area contributed by atoms with Crippen molar-refractivity contribution in [2.75, 3.05) is 0 Å². The van der Waals surface area contributed by atoms with Gasteiger partial charge in [0.2, 0.25) is 11.2 Å². The molecule has 2 heterocycles. The Morgan fingerprint density at radius 1 is 0.913 bits per heavy atom. The topological polar surface area (TPSA) is 104 Å². The normalized spacial score (nSPS) is 11.3. The summed E-state index contributed by atoms with van der Waals surface area (Å²) in [5.41, 5.74) is 0.337. The van der Waals surface area contributed by atoms with E-state index in [4.69, 9.17) is 8.83 Å². The van der Waals surface area contributed by atoms with E-state index < -0.39 is 16.9 Å². The van der Waals surface area contributed by atoms with Gasteiger partial charge in [-0.05, 0) is 24.3 Å². The Bertz CT molecular complexity index is 1120. The van der Waals surface area contributed by atoms with Crippen molar-refractivity contribution in [1.82, 2.24) is 0 Å². The van der Waals surface area contributed by atoms with Gasteiger partial charge in [0.15, 0.2) is 5.76 Å². The molecule has 0 amide bonds. The highest BCUT2D eigenvalue weighted by molar-refractivity contribution is 5.89. The Labute approximate surface area is 128 Å². The zero-order chi connectivity index (χ0) is 16.1. The molecule has 0 saturated heterocycles. The van der Waals surface area contributed by atoms with E-state index in [1.165, 1.54) is 12.3 Å². The predicted molar refractivity (Wildman–Crippen MR) is 82.7 cm³/mol. The molecular weight excluding hydrogens is 300 g/mol. The number of rotatable bonds is 1. The molecule has 6 heteroatoms. The molecule has 0 atom stereocenters. The minimum Gasteiger partial charge on any atom is -0.508 e. The van der Waals surface area contributed by atoms with Crippen molar-refractivity contribution in [1.29, 1.82) is 0 Å². The molecular formula is C17H10O6. The third-order valence-electron chi connectivity index (χ3n) is 3.65. The van der Waals surface area contributed by atoms with Gasteiger partial charge < -0.3 is 24.2 Å². The van der Waals surface area contributed by atoms with Gasteiger partial charge >= 0.3 is 0 Å². The van der Waals surface area contributed by atoms with Crippen LogP contribution in [0.1, 0.15) is 0 Å². The van der Waals surface area contributed by atoms with Crippen LogP contribution in [0, 0.1) is 0 Å². The van der Waals surface area contributed by atoms with E-state index in [-0.39, 0.29) is 22.5 Å². The fourth-order valence-corrected chi connectivity index (χ4v) is 2.58. The summed E-state index contributed by atoms with van der Waals surface area (Å²) in [6, 6.07) is 8.98. The monoisotopic (exact) mass is 310 g/mol. The fraction of sp³-hybridized carbons (Fsp3) is 0. The molecule has 3 N–H and O–H groups in total. The van der Waals surface area contributed by atoms with Crippen LogP contribution in [0.5, 0.6) is 17.2 Å². The first-order chi connectivity index (χ1) is 11.0. The Morgan fingerprint density at radius 3 is 2.57 bits per heavy atom. The van der Waals surface area contributed by atoms with Crippen LogP contribution in [0.4, 0.5) is 0 Å². The smallest absolute Gasteiger partial charge is 0.238 e. The van der Waals surface area contributed by atoms with Crippen molar-refractivity contribution in [2.24, 2.45) is 0 Å². The lowest BCUT2D eigenvalue weighted by atomic mass is 10.1. The van der Waals surface area contributed by atoms with Crippen LogP contribution in [0.25, 0.3) is 33.3 Å². The lowest BCUT2D eigenvalue weighted by molar-refractivity contribution is 0.438. The summed E-state index contributed by atoms with van der Waals surface area (Å²) in [6.07, 6.45) is 1.53. The molecule has 0 fully saturated rings. The Balaban J connectivity index is 2.07. The summed E-state index contributed by atoms with van der Waals surface area (Å²) in [5.74, 6) is -1.36. The van der Waals surface area contributed by atoms with Crippen LogP contribution in [-0.2, 0) is 0 Å². The third-order valence-corrected chi connectivity index (χ3v) is 3.65. The standard InChI is InChI=1S/C17H10O6/c18-10-6-11(19)14-13(7-10)23-17(16(21)15(14)20)9-1-2-12-8(5-9)3-4-22-12/h1-7,18-19,21H. The zero-order valence-electron chi connectivity index (χ0n) is 11.6. The summed E-state index contributed by atoms with van der Waals surface area (Å²) in [6.45, 7) is 0. The molecule has 0 bridgehead atoms. The van der Waals surface area contributed by atoms with E-state index >= 15 is 0 Å². The zero-order valence-corrected chi connectivity index (χ0v) is 11.6. The second-order valence-electron chi connectivity index (χ2n) is 5.12. The first kappa shape index (κ1) is 13.3. The van der Waals surface area contributed by atoms with E-state index in [0.717, 1.165) is 11.5 Å². The van der Waals surface area contributed by atoms with E-state index in [9.17, 15) is 20.1 Å². The van der Waals surface area contributed by atoms with Crippen LogP contribution < -0.4 is 5.43 Å². The minimum absolute atomic E-state index is 0.0207. The first-order valence-electron chi connectivity index (χ1n) is 6.74. The van der Waals surface area contributed by atoms with Crippen molar-refractivity contribution in [3.63, 3.8) is 0 Å². The predicted octanol–water partition coefficient (Wildman–Crippen LogP) is 3.32. The van der Waals surface area contributed by atoms with Gasteiger partial charge in [0.25, 0.3) is 0 Å². The Kier molecular flexibility index (Phi) is 2.62. The second kappa shape index (κ2) is 4.54. The SMILES string of the molecule is O=c1c(O)c(-c2ccc3occc3c2)oc2cc(O)cc(O)c12. The maximum Gasteiger partial charge on any atom is 0.238 e. The molecule has 0 saturated carbocycles. The lowest BCUT2D eigenvalue weighted by Gasteiger charge is -2.07. The summed E-state index contributed by atoms with van der Waals surface area (Å²) in [7, 11) is 0. The Morgan fingerprint density at radius 2 is 1.74 bits per heavy atom. The highest BCUT2D eigenvalue weighted by Crippen LogP contribution is 2.35. The van der Waals surface area contributed by atoms with Gasteiger partial charge in [-0.3, -0.25) is 4.79 Å². The van der Waals surface area contributed by atoms with Crippen LogP contribution in [0.15, 0.2) is 56.3 Å². The number of phenols is 2. The number of hydrogen-bond donors (Lipinski definition) is 3. The first-order valence-corrected chi connectivity index (χ1v) is 6.74. The van der Waals surface area contributed by atoms with Gasteiger partial charge in [0.1, 0.15) is 28.1 Å². The molecule has 0 radical (unpaired) electrons. The van der Waals surface area contributed by atoms with Gasteiger partial charge in [-0.1, -0.05) is 0 Å². The number of fused-ring (bicyclic) bond motifs is 2. The molecule has 0 spiro atoms. The maximum atomic E-state index is 12.3. The van der Waals surface area contributed by atoms with Crippen LogP contribution in [0.2, 0.25) is 0 Å².